The first-order chi connectivity index (χ1) is 15.0. The van der Waals surface area contributed by atoms with Crippen molar-refractivity contribution in [3.63, 3.8) is 0 Å². The molecule has 1 aliphatic rings. The fraction of sp³-hybridized carbons (Fsp3) is 0.273. The largest absolute Gasteiger partial charge is 0.491 e. The minimum Gasteiger partial charge on any atom is -0.491 e. The van der Waals surface area contributed by atoms with Crippen LogP contribution in [0.2, 0.25) is 0 Å². The Morgan fingerprint density at radius 3 is 2.94 bits per heavy atom. The molecule has 2 heterocycles. The van der Waals surface area contributed by atoms with Gasteiger partial charge in [0, 0.05) is 17.2 Å². The predicted molar refractivity (Wildman–Crippen MR) is 118 cm³/mol. The van der Waals surface area contributed by atoms with Crippen LogP contribution in [0.15, 0.2) is 65.4 Å². The van der Waals surface area contributed by atoms with Crippen LogP contribution in [-0.2, 0) is 11.3 Å². The predicted octanol–water partition coefficient (Wildman–Crippen LogP) is 4.14. The summed E-state index contributed by atoms with van der Waals surface area (Å²) in [5.74, 6) is 0.469. The lowest BCUT2D eigenvalue weighted by Gasteiger charge is -2.32. The van der Waals surface area contributed by atoms with Crippen LogP contribution in [0.25, 0.3) is 0 Å². The lowest BCUT2D eigenvalue weighted by molar-refractivity contribution is -0.0337. The lowest BCUT2D eigenvalue weighted by Crippen LogP contribution is -2.49. The Balaban J connectivity index is 1.28. The van der Waals surface area contributed by atoms with Crippen LogP contribution >= 0.6 is 15.9 Å². The van der Waals surface area contributed by atoms with E-state index < -0.39 is 0 Å². The molecule has 9 heteroatoms. The summed E-state index contributed by atoms with van der Waals surface area (Å²) >= 11 is 3.42. The van der Waals surface area contributed by atoms with E-state index in [1.54, 1.807) is 34.1 Å². The second-order valence-corrected chi connectivity index (χ2v) is 8.11. The van der Waals surface area contributed by atoms with E-state index in [0.29, 0.717) is 38.5 Å². The highest BCUT2D eigenvalue weighted by molar-refractivity contribution is 9.10. The molecule has 3 aromatic rings. The maximum absolute atomic E-state index is 13.0. The van der Waals surface area contributed by atoms with Gasteiger partial charge in [-0.3, -0.25) is 4.68 Å². The van der Waals surface area contributed by atoms with Gasteiger partial charge in [0.15, 0.2) is 0 Å². The van der Waals surface area contributed by atoms with E-state index in [-0.39, 0.29) is 18.0 Å². The highest BCUT2D eigenvalue weighted by atomic mass is 79.9. The standard InChI is InChI=1S/C22H22BrFN4O3/c23-17-2-1-3-20(10-17)31-15-21-14-27(8-9-30-21)22(29)26-19-11-25-28(13-19)12-16-4-6-18(24)7-5-16/h1-7,10-11,13,21H,8-9,12,14-15H2,(H,26,29). The zero-order valence-corrected chi connectivity index (χ0v) is 18.3. The molecule has 2 aromatic carbocycles. The Labute approximate surface area is 187 Å². The van der Waals surface area contributed by atoms with Gasteiger partial charge in [-0.1, -0.05) is 34.1 Å². The maximum Gasteiger partial charge on any atom is 0.322 e. The number of nitrogens with one attached hydrogen (secondary N) is 1. The number of morpholine rings is 1. The van der Waals surface area contributed by atoms with Gasteiger partial charge >= 0.3 is 6.03 Å². The second-order valence-electron chi connectivity index (χ2n) is 7.19. The van der Waals surface area contributed by atoms with Gasteiger partial charge in [-0.2, -0.15) is 5.10 Å². The first-order valence-electron chi connectivity index (χ1n) is 9.88. The van der Waals surface area contributed by atoms with Crippen molar-refractivity contribution in [1.29, 1.82) is 0 Å². The summed E-state index contributed by atoms with van der Waals surface area (Å²) in [6.07, 6.45) is 3.13. The average molecular weight is 489 g/mol. The molecule has 2 amide bonds. The molecule has 0 radical (unpaired) electrons. The molecule has 1 aromatic heterocycles. The van der Waals surface area contributed by atoms with E-state index >= 15 is 0 Å². The van der Waals surface area contributed by atoms with Gasteiger partial charge < -0.3 is 19.7 Å². The molecule has 0 bridgehead atoms. The van der Waals surface area contributed by atoms with Crippen molar-refractivity contribution in [2.24, 2.45) is 0 Å². The first-order valence-corrected chi connectivity index (χ1v) is 10.7. The number of aromatic nitrogens is 2. The molecule has 1 atom stereocenters. The molecule has 0 saturated carbocycles. The van der Waals surface area contributed by atoms with E-state index in [2.05, 4.69) is 26.3 Å². The lowest BCUT2D eigenvalue weighted by atomic mass is 10.2. The number of anilines is 1. The molecule has 162 valence electrons. The number of hydrogen-bond acceptors (Lipinski definition) is 4. The van der Waals surface area contributed by atoms with Crippen molar-refractivity contribution in [2.75, 3.05) is 31.6 Å². The Morgan fingerprint density at radius 1 is 1.29 bits per heavy atom. The number of halogens is 2. The van der Waals surface area contributed by atoms with E-state index in [9.17, 15) is 9.18 Å². The number of rotatable bonds is 6. The van der Waals surface area contributed by atoms with E-state index in [0.717, 1.165) is 15.8 Å². The molecule has 0 spiro atoms. The average Bonchev–Trinajstić information content (AvgIpc) is 3.21. The van der Waals surface area contributed by atoms with Crippen molar-refractivity contribution in [3.05, 3.63) is 76.8 Å². The smallest absolute Gasteiger partial charge is 0.322 e. The van der Waals surface area contributed by atoms with Gasteiger partial charge in [0.25, 0.3) is 0 Å². The molecule has 31 heavy (non-hydrogen) atoms. The van der Waals surface area contributed by atoms with Crippen LogP contribution in [-0.4, -0.2) is 53.1 Å². The van der Waals surface area contributed by atoms with Crippen molar-refractivity contribution in [1.82, 2.24) is 14.7 Å². The van der Waals surface area contributed by atoms with E-state index in [1.165, 1.54) is 12.1 Å². The minimum absolute atomic E-state index is 0.209. The number of urea groups is 1. The molecule has 1 N–H and O–H groups in total. The molecule has 7 nitrogen and oxygen atoms in total. The number of amides is 2. The number of hydrogen-bond donors (Lipinski definition) is 1. The summed E-state index contributed by atoms with van der Waals surface area (Å²) < 4.78 is 27.2. The summed E-state index contributed by atoms with van der Waals surface area (Å²) in [7, 11) is 0. The Hall–Kier alpha value is -2.91. The molecular formula is C22H22BrFN4O3. The van der Waals surface area contributed by atoms with Crippen molar-refractivity contribution in [3.8, 4) is 5.75 Å². The number of ether oxygens (including phenoxy) is 2. The maximum atomic E-state index is 13.0. The molecule has 4 rings (SSSR count). The molecule has 0 aliphatic carbocycles. The number of carbonyl (C=O) groups is 1. The summed E-state index contributed by atoms with van der Waals surface area (Å²) in [6, 6.07) is 13.6. The van der Waals surface area contributed by atoms with Gasteiger partial charge in [-0.15, -0.1) is 0 Å². The molecule has 1 aliphatic heterocycles. The first kappa shape index (κ1) is 21.3. The van der Waals surface area contributed by atoms with Gasteiger partial charge in [-0.25, -0.2) is 9.18 Å². The van der Waals surface area contributed by atoms with E-state index in [1.807, 2.05) is 24.3 Å². The second kappa shape index (κ2) is 9.93. The fourth-order valence-electron chi connectivity index (χ4n) is 3.24. The SMILES string of the molecule is O=C(Nc1cnn(Cc2ccc(F)cc2)c1)N1CCOC(COc2cccc(Br)c2)C1. The van der Waals surface area contributed by atoms with Crippen molar-refractivity contribution in [2.45, 2.75) is 12.6 Å². The van der Waals surface area contributed by atoms with Gasteiger partial charge in [0.2, 0.25) is 0 Å². The van der Waals surface area contributed by atoms with Crippen LogP contribution < -0.4 is 10.1 Å². The Morgan fingerprint density at radius 2 is 2.13 bits per heavy atom. The number of benzene rings is 2. The van der Waals surface area contributed by atoms with Gasteiger partial charge in [-0.05, 0) is 35.9 Å². The quantitative estimate of drug-likeness (QED) is 0.565. The monoisotopic (exact) mass is 488 g/mol. The third-order valence-corrected chi connectivity index (χ3v) is 5.29. The van der Waals surface area contributed by atoms with Gasteiger partial charge in [0.1, 0.15) is 24.3 Å². The van der Waals surface area contributed by atoms with Crippen LogP contribution in [0.4, 0.5) is 14.9 Å². The van der Waals surface area contributed by atoms with Crippen LogP contribution in [0, 0.1) is 5.82 Å². The van der Waals surface area contributed by atoms with Crippen molar-refractivity contribution < 1.29 is 18.7 Å². The summed E-state index contributed by atoms with van der Waals surface area (Å²) in [5.41, 5.74) is 1.52. The van der Waals surface area contributed by atoms with Crippen LogP contribution in [0.5, 0.6) is 5.75 Å². The fourth-order valence-corrected chi connectivity index (χ4v) is 3.62. The summed E-state index contributed by atoms with van der Waals surface area (Å²) in [6.45, 7) is 2.23. The van der Waals surface area contributed by atoms with E-state index in [4.69, 9.17) is 9.47 Å². The zero-order valence-electron chi connectivity index (χ0n) is 16.7. The highest BCUT2D eigenvalue weighted by Crippen LogP contribution is 2.19. The number of carbonyl (C=O) groups excluding carboxylic acids is 1. The minimum atomic E-state index is -0.275. The summed E-state index contributed by atoms with van der Waals surface area (Å²) in [5, 5.41) is 7.13. The Bertz CT molecular complexity index is 1030. The van der Waals surface area contributed by atoms with Crippen LogP contribution in [0.3, 0.4) is 0 Å². The third kappa shape index (κ3) is 6.05. The van der Waals surface area contributed by atoms with Gasteiger partial charge in [0.05, 0.1) is 31.6 Å². The van der Waals surface area contributed by atoms with Crippen LogP contribution in [0.1, 0.15) is 5.56 Å². The molecule has 1 saturated heterocycles. The molecule has 1 fully saturated rings. The van der Waals surface area contributed by atoms with Crippen molar-refractivity contribution >= 4 is 27.6 Å². The Kier molecular flexibility index (Phi) is 6.83. The zero-order chi connectivity index (χ0) is 21.6. The summed E-state index contributed by atoms with van der Waals surface area (Å²) in [4.78, 5) is 14.4. The molecular weight excluding hydrogens is 467 g/mol. The third-order valence-electron chi connectivity index (χ3n) is 4.80. The number of nitrogens with zero attached hydrogens (tertiary/aromatic N) is 3. The topological polar surface area (TPSA) is 68.6 Å². The molecule has 1 unspecified atom stereocenters. The normalized spacial score (nSPS) is 16.2. The highest BCUT2D eigenvalue weighted by Gasteiger charge is 2.25.